The van der Waals surface area contributed by atoms with Crippen LogP contribution in [0.5, 0.6) is 11.5 Å². The van der Waals surface area contributed by atoms with Gasteiger partial charge in [-0.25, -0.2) is 4.79 Å². The second-order valence-electron chi connectivity index (χ2n) is 5.92. The molecule has 0 fully saturated rings. The second-order valence-corrected chi connectivity index (χ2v) is 5.92. The van der Waals surface area contributed by atoms with Crippen LogP contribution in [0, 0.1) is 0 Å². The highest BCUT2D eigenvalue weighted by Gasteiger charge is 2.19. The van der Waals surface area contributed by atoms with Gasteiger partial charge in [0.2, 0.25) is 0 Å². The molecule has 0 saturated heterocycles. The van der Waals surface area contributed by atoms with Crippen molar-refractivity contribution in [2.45, 2.75) is 26.9 Å². The average molecular weight is 385 g/mol. The minimum atomic E-state index is -1.01. The summed E-state index contributed by atoms with van der Waals surface area (Å²) in [6, 6.07) is 13.4. The Morgan fingerprint density at radius 2 is 1.57 bits per heavy atom. The molecule has 7 heteroatoms. The Morgan fingerprint density at radius 1 is 0.964 bits per heavy atom. The lowest BCUT2D eigenvalue weighted by Crippen LogP contribution is -2.31. The Hall–Kier alpha value is -3.35. The van der Waals surface area contributed by atoms with Crippen LogP contribution >= 0.6 is 0 Å². The third kappa shape index (κ3) is 6.12. The molecule has 0 aliphatic carbocycles. The quantitative estimate of drug-likeness (QED) is 0.526. The van der Waals surface area contributed by atoms with Crippen LogP contribution in [0.4, 0.5) is 5.69 Å². The van der Waals surface area contributed by atoms with Crippen molar-refractivity contribution < 1.29 is 28.6 Å². The Labute approximate surface area is 163 Å². The maximum absolute atomic E-state index is 12.2. The third-order valence-corrected chi connectivity index (χ3v) is 3.73. The molecule has 0 unspecified atom stereocenters. The molecule has 2 aromatic carbocycles. The number of hydrogen-bond acceptors (Lipinski definition) is 6. The fourth-order valence-corrected chi connectivity index (χ4v) is 2.30. The van der Waals surface area contributed by atoms with Gasteiger partial charge in [-0.1, -0.05) is 12.1 Å². The highest BCUT2D eigenvalue weighted by atomic mass is 16.6. The van der Waals surface area contributed by atoms with Crippen LogP contribution in [0.3, 0.4) is 0 Å². The van der Waals surface area contributed by atoms with E-state index in [0.29, 0.717) is 29.4 Å². The van der Waals surface area contributed by atoms with E-state index >= 15 is 0 Å². The largest absolute Gasteiger partial charge is 0.490 e. The molecule has 28 heavy (non-hydrogen) atoms. The number of rotatable bonds is 9. The summed E-state index contributed by atoms with van der Waals surface area (Å²) in [6.07, 6.45) is -1.01. The van der Waals surface area contributed by atoms with Gasteiger partial charge < -0.3 is 19.5 Å². The molecular weight excluding hydrogens is 362 g/mol. The van der Waals surface area contributed by atoms with E-state index in [0.717, 1.165) is 0 Å². The van der Waals surface area contributed by atoms with E-state index in [1.807, 2.05) is 6.92 Å². The van der Waals surface area contributed by atoms with Crippen molar-refractivity contribution in [3.8, 4) is 11.5 Å². The van der Waals surface area contributed by atoms with Crippen LogP contribution in [0.15, 0.2) is 48.5 Å². The lowest BCUT2D eigenvalue weighted by atomic mass is 10.1. The normalized spacial score (nSPS) is 11.2. The van der Waals surface area contributed by atoms with E-state index < -0.39 is 18.0 Å². The zero-order valence-electron chi connectivity index (χ0n) is 16.1. The minimum absolute atomic E-state index is 0.0638. The first-order valence-electron chi connectivity index (χ1n) is 8.86. The summed E-state index contributed by atoms with van der Waals surface area (Å²) in [7, 11) is 0. The van der Waals surface area contributed by atoms with Gasteiger partial charge in [-0.2, -0.15) is 0 Å². The van der Waals surface area contributed by atoms with Gasteiger partial charge >= 0.3 is 5.97 Å². The first kappa shape index (κ1) is 21.0. The molecule has 2 aromatic rings. The van der Waals surface area contributed by atoms with Crippen molar-refractivity contribution in [2.75, 3.05) is 18.5 Å². The van der Waals surface area contributed by atoms with Crippen molar-refractivity contribution in [3.05, 3.63) is 54.1 Å². The molecule has 1 amide bonds. The van der Waals surface area contributed by atoms with Crippen molar-refractivity contribution in [1.82, 2.24) is 0 Å². The Balaban J connectivity index is 1.84. The molecule has 2 rings (SSSR count). The Morgan fingerprint density at radius 3 is 2.14 bits per heavy atom. The third-order valence-electron chi connectivity index (χ3n) is 3.73. The summed E-state index contributed by atoms with van der Waals surface area (Å²) in [5.74, 6) is -0.285. The van der Waals surface area contributed by atoms with Crippen LogP contribution in [-0.4, -0.2) is 37.0 Å². The zero-order valence-corrected chi connectivity index (χ0v) is 16.1. The summed E-state index contributed by atoms with van der Waals surface area (Å²) < 4.78 is 15.9. The first-order chi connectivity index (χ1) is 13.4. The number of ketones is 1. The Kier molecular flexibility index (Phi) is 7.56. The highest BCUT2D eigenvalue weighted by Crippen LogP contribution is 2.26. The average Bonchev–Trinajstić information content (AvgIpc) is 2.68. The van der Waals surface area contributed by atoms with Crippen LogP contribution in [0.25, 0.3) is 0 Å². The monoisotopic (exact) mass is 385 g/mol. The van der Waals surface area contributed by atoms with Gasteiger partial charge in [0.15, 0.2) is 30.0 Å². The van der Waals surface area contributed by atoms with Crippen LogP contribution < -0.4 is 14.8 Å². The maximum atomic E-state index is 12.2. The number of benzene rings is 2. The number of carbonyl (C=O) groups is 3. The lowest BCUT2D eigenvalue weighted by Gasteiger charge is -2.15. The molecule has 7 nitrogen and oxygen atoms in total. The van der Waals surface area contributed by atoms with Gasteiger partial charge in [0, 0.05) is 11.3 Å². The summed E-state index contributed by atoms with van der Waals surface area (Å²) in [5, 5.41) is 2.62. The minimum Gasteiger partial charge on any atom is -0.490 e. The summed E-state index contributed by atoms with van der Waals surface area (Å²) in [6.45, 7) is 4.89. The Bertz CT molecular complexity index is 831. The topological polar surface area (TPSA) is 90.9 Å². The van der Waals surface area contributed by atoms with Crippen LogP contribution in [-0.2, 0) is 14.3 Å². The fourth-order valence-electron chi connectivity index (χ4n) is 2.30. The van der Waals surface area contributed by atoms with E-state index in [9.17, 15) is 14.4 Å². The molecular formula is C21H23NO6. The second kappa shape index (κ2) is 10.1. The van der Waals surface area contributed by atoms with Gasteiger partial charge in [-0.05, 0) is 57.2 Å². The number of para-hydroxylation sites is 2. The maximum Gasteiger partial charge on any atom is 0.344 e. The molecule has 1 atom stereocenters. The van der Waals surface area contributed by atoms with Crippen LogP contribution in [0.2, 0.25) is 0 Å². The predicted molar refractivity (Wildman–Crippen MR) is 104 cm³/mol. The molecule has 0 radical (unpaired) electrons. The lowest BCUT2D eigenvalue weighted by molar-refractivity contribution is -0.155. The number of hydrogen-bond donors (Lipinski definition) is 1. The molecule has 0 aliphatic rings. The zero-order chi connectivity index (χ0) is 20.5. The molecule has 0 saturated carbocycles. The van der Waals surface area contributed by atoms with Gasteiger partial charge in [-0.3, -0.25) is 9.59 Å². The first-order valence-corrected chi connectivity index (χ1v) is 8.86. The number of carbonyl (C=O) groups excluding carboxylic acids is 3. The smallest absolute Gasteiger partial charge is 0.344 e. The number of anilines is 1. The van der Waals surface area contributed by atoms with Crippen LogP contribution in [0.1, 0.15) is 31.1 Å². The van der Waals surface area contributed by atoms with E-state index in [-0.39, 0.29) is 12.4 Å². The van der Waals surface area contributed by atoms with Gasteiger partial charge in [0.05, 0.1) is 6.61 Å². The molecule has 0 aliphatic heterocycles. The molecule has 0 bridgehead atoms. The SMILES string of the molecule is CCOc1ccccc1OCC(=O)O[C@@H](C)C(=O)Nc1ccc(C(C)=O)cc1. The van der Waals surface area contributed by atoms with E-state index in [2.05, 4.69) is 5.32 Å². The number of esters is 1. The van der Waals surface area contributed by atoms with Crippen molar-refractivity contribution >= 4 is 23.3 Å². The standard InChI is InChI=1S/C21H23NO6/c1-4-26-18-7-5-6-8-19(18)27-13-20(24)28-15(3)21(25)22-17-11-9-16(10-12-17)14(2)23/h5-12,15H,4,13H2,1-3H3,(H,22,25)/t15-/m0/s1. The van der Waals surface area contributed by atoms with Crippen molar-refractivity contribution in [1.29, 1.82) is 0 Å². The van der Waals surface area contributed by atoms with Gasteiger partial charge in [-0.15, -0.1) is 0 Å². The number of ether oxygens (including phenoxy) is 3. The van der Waals surface area contributed by atoms with Gasteiger partial charge in [0.1, 0.15) is 0 Å². The molecule has 0 spiro atoms. The summed E-state index contributed by atoms with van der Waals surface area (Å²) in [4.78, 5) is 35.4. The highest BCUT2D eigenvalue weighted by molar-refractivity contribution is 5.97. The molecule has 0 heterocycles. The van der Waals surface area contributed by atoms with Gasteiger partial charge in [0.25, 0.3) is 5.91 Å². The van der Waals surface area contributed by atoms with E-state index in [1.165, 1.54) is 13.8 Å². The fraction of sp³-hybridized carbons (Fsp3) is 0.286. The molecule has 148 valence electrons. The van der Waals surface area contributed by atoms with E-state index in [4.69, 9.17) is 14.2 Å². The number of nitrogens with one attached hydrogen (secondary N) is 1. The van der Waals surface area contributed by atoms with Crippen molar-refractivity contribution in [2.24, 2.45) is 0 Å². The van der Waals surface area contributed by atoms with E-state index in [1.54, 1.807) is 48.5 Å². The van der Waals surface area contributed by atoms with Crippen molar-refractivity contribution in [3.63, 3.8) is 0 Å². The molecule has 0 aromatic heterocycles. The number of amides is 1. The predicted octanol–water partition coefficient (Wildman–Crippen LogP) is 3.24. The summed E-state index contributed by atoms with van der Waals surface area (Å²) >= 11 is 0. The summed E-state index contributed by atoms with van der Waals surface area (Å²) in [5.41, 5.74) is 1.04. The number of Topliss-reactive ketones (excluding diaryl/α,β-unsaturated/α-hetero) is 1. The molecule has 1 N–H and O–H groups in total.